The summed E-state index contributed by atoms with van der Waals surface area (Å²) in [4.78, 5) is 23.4. The van der Waals surface area contributed by atoms with Gasteiger partial charge in [0.2, 0.25) is 0 Å². The van der Waals surface area contributed by atoms with E-state index in [9.17, 15) is 14.0 Å². The highest BCUT2D eigenvalue weighted by molar-refractivity contribution is 5.96. The van der Waals surface area contributed by atoms with Crippen LogP contribution in [0.3, 0.4) is 0 Å². The SMILES string of the molecule is COc1ccc(C=NNC(=O)CNC(=O)c2cccc(F)c2)cc1. The predicted molar refractivity (Wildman–Crippen MR) is 87.5 cm³/mol. The number of amides is 2. The molecule has 0 aromatic heterocycles. The number of ether oxygens (including phenoxy) is 1. The summed E-state index contributed by atoms with van der Waals surface area (Å²) in [5.74, 6) is -0.833. The van der Waals surface area contributed by atoms with Crippen molar-refractivity contribution in [3.63, 3.8) is 0 Å². The number of carbonyl (C=O) groups excluding carboxylic acids is 2. The number of hydrogen-bond acceptors (Lipinski definition) is 4. The Morgan fingerprint density at radius 3 is 2.62 bits per heavy atom. The molecule has 0 bridgehead atoms. The van der Waals surface area contributed by atoms with Gasteiger partial charge in [-0.15, -0.1) is 0 Å². The lowest BCUT2D eigenvalue weighted by Gasteiger charge is -2.04. The summed E-state index contributed by atoms with van der Waals surface area (Å²) < 4.78 is 18.0. The Labute approximate surface area is 138 Å². The van der Waals surface area contributed by atoms with Crippen molar-refractivity contribution in [2.75, 3.05) is 13.7 Å². The fourth-order valence-electron chi connectivity index (χ4n) is 1.80. The molecule has 2 aromatic carbocycles. The molecule has 6 nitrogen and oxygen atoms in total. The van der Waals surface area contributed by atoms with Crippen LogP contribution in [0, 0.1) is 5.82 Å². The first-order valence-electron chi connectivity index (χ1n) is 7.08. The Hall–Kier alpha value is -3.22. The zero-order valence-corrected chi connectivity index (χ0v) is 13.0. The summed E-state index contributed by atoms with van der Waals surface area (Å²) in [6.07, 6.45) is 1.46. The number of rotatable bonds is 6. The minimum absolute atomic E-state index is 0.143. The highest BCUT2D eigenvalue weighted by Gasteiger charge is 2.08. The number of benzene rings is 2. The lowest BCUT2D eigenvalue weighted by molar-refractivity contribution is -0.120. The third kappa shape index (κ3) is 5.20. The molecular weight excluding hydrogens is 313 g/mol. The molecule has 24 heavy (non-hydrogen) atoms. The Morgan fingerprint density at radius 2 is 1.96 bits per heavy atom. The van der Waals surface area contributed by atoms with Crippen LogP contribution < -0.4 is 15.5 Å². The fraction of sp³-hybridized carbons (Fsp3) is 0.118. The monoisotopic (exact) mass is 329 g/mol. The van der Waals surface area contributed by atoms with Gasteiger partial charge in [0.25, 0.3) is 11.8 Å². The summed E-state index contributed by atoms with van der Waals surface area (Å²) in [6, 6.07) is 12.3. The van der Waals surface area contributed by atoms with Crippen LogP contribution in [0.15, 0.2) is 53.6 Å². The van der Waals surface area contributed by atoms with Gasteiger partial charge in [0.15, 0.2) is 0 Å². The first-order chi connectivity index (χ1) is 11.6. The second-order valence-electron chi connectivity index (χ2n) is 4.76. The maximum atomic E-state index is 13.0. The second-order valence-corrected chi connectivity index (χ2v) is 4.76. The molecule has 0 spiro atoms. The van der Waals surface area contributed by atoms with Crippen molar-refractivity contribution in [2.45, 2.75) is 0 Å². The second kappa shape index (κ2) is 8.42. The van der Waals surface area contributed by atoms with E-state index in [2.05, 4.69) is 15.8 Å². The Kier molecular flexibility index (Phi) is 6.01. The van der Waals surface area contributed by atoms with Crippen LogP contribution in [0.25, 0.3) is 0 Å². The normalized spacial score (nSPS) is 10.4. The quantitative estimate of drug-likeness (QED) is 0.625. The third-order valence-electron chi connectivity index (χ3n) is 3.01. The molecule has 0 aliphatic carbocycles. The van der Waals surface area contributed by atoms with E-state index >= 15 is 0 Å². The molecule has 0 atom stereocenters. The van der Waals surface area contributed by atoms with E-state index in [0.29, 0.717) is 0 Å². The van der Waals surface area contributed by atoms with Gasteiger partial charge < -0.3 is 10.1 Å². The third-order valence-corrected chi connectivity index (χ3v) is 3.01. The fourth-order valence-corrected chi connectivity index (χ4v) is 1.80. The minimum atomic E-state index is -0.538. The molecule has 0 heterocycles. The van der Waals surface area contributed by atoms with Gasteiger partial charge in [0.05, 0.1) is 19.9 Å². The molecule has 0 unspecified atom stereocenters. The smallest absolute Gasteiger partial charge is 0.259 e. The van der Waals surface area contributed by atoms with E-state index in [1.54, 1.807) is 31.4 Å². The van der Waals surface area contributed by atoms with Gasteiger partial charge in [-0.2, -0.15) is 5.10 Å². The zero-order valence-electron chi connectivity index (χ0n) is 13.0. The van der Waals surface area contributed by atoms with E-state index in [1.165, 1.54) is 24.4 Å². The molecular formula is C17H16FN3O3. The van der Waals surface area contributed by atoms with Crippen molar-refractivity contribution in [1.82, 2.24) is 10.7 Å². The lowest BCUT2D eigenvalue weighted by atomic mass is 10.2. The number of methoxy groups -OCH3 is 1. The molecule has 2 amide bonds. The molecule has 0 fully saturated rings. The standard InChI is InChI=1S/C17H16FN3O3/c1-24-15-7-5-12(6-8-15)10-20-21-16(22)11-19-17(23)13-3-2-4-14(18)9-13/h2-10H,11H2,1H3,(H,19,23)(H,21,22). The number of hydrogen-bond donors (Lipinski definition) is 2. The Balaban J connectivity index is 1.78. The molecule has 124 valence electrons. The van der Waals surface area contributed by atoms with Gasteiger partial charge in [-0.05, 0) is 48.0 Å². The number of halogens is 1. The molecule has 0 saturated heterocycles. The molecule has 7 heteroatoms. The summed E-state index contributed by atoms with van der Waals surface area (Å²) in [6.45, 7) is -0.269. The average Bonchev–Trinajstić information content (AvgIpc) is 2.60. The van der Waals surface area contributed by atoms with E-state index in [-0.39, 0.29) is 12.1 Å². The number of hydrazone groups is 1. The van der Waals surface area contributed by atoms with Gasteiger partial charge in [-0.3, -0.25) is 9.59 Å². The van der Waals surface area contributed by atoms with Crippen molar-refractivity contribution in [3.05, 3.63) is 65.5 Å². The summed E-state index contributed by atoms with van der Waals surface area (Å²) >= 11 is 0. The highest BCUT2D eigenvalue weighted by Crippen LogP contribution is 2.09. The molecule has 0 aliphatic rings. The Bertz CT molecular complexity index is 745. The van der Waals surface area contributed by atoms with Gasteiger partial charge in [-0.25, -0.2) is 9.82 Å². The van der Waals surface area contributed by atoms with Crippen LogP contribution >= 0.6 is 0 Å². The topological polar surface area (TPSA) is 79.8 Å². The van der Waals surface area contributed by atoms with Crippen LogP contribution in [0.4, 0.5) is 4.39 Å². The maximum absolute atomic E-state index is 13.0. The molecule has 0 saturated carbocycles. The molecule has 0 aliphatic heterocycles. The van der Waals surface area contributed by atoms with E-state index in [0.717, 1.165) is 17.4 Å². The molecule has 2 aromatic rings. The van der Waals surface area contributed by atoms with E-state index < -0.39 is 17.6 Å². The minimum Gasteiger partial charge on any atom is -0.497 e. The van der Waals surface area contributed by atoms with Crippen molar-refractivity contribution in [3.8, 4) is 5.75 Å². The van der Waals surface area contributed by atoms with Crippen LogP contribution in [0.2, 0.25) is 0 Å². The average molecular weight is 329 g/mol. The first kappa shape index (κ1) is 17.1. The van der Waals surface area contributed by atoms with Crippen molar-refractivity contribution >= 4 is 18.0 Å². The molecule has 2 N–H and O–H groups in total. The Morgan fingerprint density at radius 1 is 1.21 bits per heavy atom. The maximum Gasteiger partial charge on any atom is 0.259 e. The van der Waals surface area contributed by atoms with Crippen molar-refractivity contribution < 1.29 is 18.7 Å². The predicted octanol–water partition coefficient (Wildman–Crippen LogP) is 1.71. The summed E-state index contributed by atoms with van der Waals surface area (Å²) in [7, 11) is 1.57. The number of nitrogens with zero attached hydrogens (tertiary/aromatic N) is 1. The number of carbonyl (C=O) groups is 2. The van der Waals surface area contributed by atoms with Gasteiger partial charge in [0, 0.05) is 5.56 Å². The molecule has 0 radical (unpaired) electrons. The van der Waals surface area contributed by atoms with Gasteiger partial charge >= 0.3 is 0 Å². The van der Waals surface area contributed by atoms with Crippen LogP contribution in [-0.2, 0) is 4.79 Å². The molecule has 2 rings (SSSR count). The van der Waals surface area contributed by atoms with Crippen LogP contribution in [0.1, 0.15) is 15.9 Å². The van der Waals surface area contributed by atoms with Crippen molar-refractivity contribution in [1.29, 1.82) is 0 Å². The van der Waals surface area contributed by atoms with Gasteiger partial charge in [0.1, 0.15) is 11.6 Å². The lowest BCUT2D eigenvalue weighted by Crippen LogP contribution is -2.34. The van der Waals surface area contributed by atoms with E-state index in [4.69, 9.17) is 4.74 Å². The number of nitrogens with one attached hydrogen (secondary N) is 2. The first-order valence-corrected chi connectivity index (χ1v) is 7.08. The van der Waals surface area contributed by atoms with Crippen molar-refractivity contribution in [2.24, 2.45) is 5.10 Å². The summed E-state index contributed by atoms with van der Waals surface area (Å²) in [5, 5.41) is 6.17. The summed E-state index contributed by atoms with van der Waals surface area (Å²) in [5.41, 5.74) is 3.21. The van der Waals surface area contributed by atoms with Crippen LogP contribution in [0.5, 0.6) is 5.75 Å². The van der Waals surface area contributed by atoms with Gasteiger partial charge in [-0.1, -0.05) is 6.07 Å². The van der Waals surface area contributed by atoms with Crippen LogP contribution in [-0.4, -0.2) is 31.7 Å². The van der Waals surface area contributed by atoms with E-state index in [1.807, 2.05) is 0 Å². The highest BCUT2D eigenvalue weighted by atomic mass is 19.1. The largest absolute Gasteiger partial charge is 0.497 e. The zero-order chi connectivity index (χ0) is 17.4.